The van der Waals surface area contributed by atoms with Crippen molar-refractivity contribution in [3.8, 4) is 0 Å². The Labute approximate surface area is 117 Å². The van der Waals surface area contributed by atoms with E-state index in [9.17, 15) is 4.79 Å². The highest BCUT2D eigenvalue weighted by atomic mass is 16.2. The Morgan fingerprint density at radius 2 is 2.10 bits per heavy atom. The van der Waals surface area contributed by atoms with Crippen LogP contribution in [0.3, 0.4) is 0 Å². The van der Waals surface area contributed by atoms with Crippen LogP contribution in [0.4, 0.5) is 0 Å². The molecule has 0 unspecified atom stereocenters. The molecule has 0 radical (unpaired) electrons. The highest BCUT2D eigenvalue weighted by molar-refractivity contribution is 6.04. The molecule has 1 aliphatic rings. The monoisotopic (exact) mass is 270 g/mol. The molecule has 5 heteroatoms. The Bertz CT molecular complexity index is 631. The summed E-state index contributed by atoms with van der Waals surface area (Å²) in [4.78, 5) is 22.8. The molecule has 104 valence electrons. The molecule has 1 heterocycles. The van der Waals surface area contributed by atoms with E-state index < -0.39 is 0 Å². The topological polar surface area (TPSA) is 72.1 Å². The molecule has 1 amide bonds. The summed E-state index contributed by atoms with van der Waals surface area (Å²) < 4.78 is 0. The van der Waals surface area contributed by atoms with Crippen molar-refractivity contribution in [1.82, 2.24) is 14.9 Å². The second-order valence-electron chi connectivity index (χ2n) is 5.51. The summed E-state index contributed by atoms with van der Waals surface area (Å²) in [5, 5.41) is 0. The molecular formula is C15H18N4O. The standard InChI is InChI=1S/C15H18N4O/c1-19(9-10-7-11(16)8-10)15(20)12-3-2-4-13-14(12)18-6-5-17-13/h2-6,10-11H,7-9,16H2,1H3. The van der Waals surface area contributed by atoms with Crippen LogP contribution in [0.1, 0.15) is 23.2 Å². The number of hydrogen-bond donors (Lipinski definition) is 1. The molecule has 1 aromatic heterocycles. The van der Waals surface area contributed by atoms with E-state index in [4.69, 9.17) is 5.73 Å². The van der Waals surface area contributed by atoms with Crippen LogP contribution in [0.15, 0.2) is 30.6 Å². The maximum atomic E-state index is 12.5. The lowest BCUT2D eigenvalue weighted by molar-refractivity contribution is 0.0736. The number of aromatic nitrogens is 2. The van der Waals surface area contributed by atoms with Crippen molar-refractivity contribution in [1.29, 1.82) is 0 Å². The lowest BCUT2D eigenvalue weighted by Crippen LogP contribution is -2.43. The molecule has 3 rings (SSSR count). The summed E-state index contributed by atoms with van der Waals surface area (Å²) in [6, 6.07) is 5.83. The maximum Gasteiger partial charge on any atom is 0.255 e. The number of benzene rings is 1. The van der Waals surface area contributed by atoms with Crippen molar-refractivity contribution < 1.29 is 4.79 Å². The van der Waals surface area contributed by atoms with Gasteiger partial charge >= 0.3 is 0 Å². The normalized spacial score (nSPS) is 21.5. The number of fused-ring (bicyclic) bond motifs is 1. The fraction of sp³-hybridized carbons (Fsp3) is 0.400. The summed E-state index contributed by atoms with van der Waals surface area (Å²) in [5.74, 6) is 0.525. The van der Waals surface area contributed by atoms with E-state index in [1.165, 1.54) is 0 Å². The van der Waals surface area contributed by atoms with Gasteiger partial charge in [0.1, 0.15) is 5.52 Å². The molecule has 20 heavy (non-hydrogen) atoms. The van der Waals surface area contributed by atoms with Gasteiger partial charge in [0.15, 0.2) is 0 Å². The molecule has 1 aliphatic carbocycles. The van der Waals surface area contributed by atoms with Crippen LogP contribution in [-0.4, -0.2) is 40.4 Å². The number of amides is 1. The zero-order valence-corrected chi connectivity index (χ0v) is 11.5. The molecule has 0 saturated heterocycles. The average Bonchev–Trinajstić information content (AvgIpc) is 2.44. The van der Waals surface area contributed by atoms with E-state index in [0.717, 1.165) is 24.9 Å². The third kappa shape index (κ3) is 2.36. The van der Waals surface area contributed by atoms with Crippen LogP contribution < -0.4 is 5.73 Å². The number of rotatable bonds is 3. The second-order valence-corrected chi connectivity index (χ2v) is 5.51. The van der Waals surface area contributed by atoms with E-state index in [2.05, 4.69) is 9.97 Å². The fourth-order valence-corrected chi connectivity index (χ4v) is 2.78. The molecule has 0 aliphatic heterocycles. The zero-order chi connectivity index (χ0) is 14.1. The lowest BCUT2D eigenvalue weighted by atomic mass is 9.80. The van der Waals surface area contributed by atoms with Gasteiger partial charge < -0.3 is 10.6 Å². The van der Waals surface area contributed by atoms with Gasteiger partial charge in [-0.15, -0.1) is 0 Å². The van der Waals surface area contributed by atoms with Crippen LogP contribution >= 0.6 is 0 Å². The third-order valence-corrected chi connectivity index (χ3v) is 3.88. The lowest BCUT2D eigenvalue weighted by Gasteiger charge is -2.35. The number of carbonyl (C=O) groups excluding carboxylic acids is 1. The van der Waals surface area contributed by atoms with E-state index in [-0.39, 0.29) is 5.91 Å². The van der Waals surface area contributed by atoms with Gasteiger partial charge in [-0.1, -0.05) is 6.07 Å². The molecule has 0 spiro atoms. The van der Waals surface area contributed by atoms with Crippen LogP contribution in [0.25, 0.3) is 11.0 Å². The van der Waals surface area contributed by atoms with E-state index in [1.807, 2.05) is 25.2 Å². The summed E-state index contributed by atoms with van der Waals surface area (Å²) >= 11 is 0. The first-order valence-electron chi connectivity index (χ1n) is 6.86. The van der Waals surface area contributed by atoms with Crippen LogP contribution in [0.2, 0.25) is 0 Å². The molecule has 0 atom stereocenters. The number of nitrogens with two attached hydrogens (primary N) is 1. The summed E-state index contributed by atoms with van der Waals surface area (Å²) in [6.07, 6.45) is 5.26. The third-order valence-electron chi connectivity index (χ3n) is 3.88. The molecule has 1 saturated carbocycles. The number of carbonyl (C=O) groups is 1. The van der Waals surface area contributed by atoms with Gasteiger partial charge in [-0.05, 0) is 30.9 Å². The quantitative estimate of drug-likeness (QED) is 0.916. The first kappa shape index (κ1) is 13.0. The second kappa shape index (κ2) is 5.17. The first-order valence-corrected chi connectivity index (χ1v) is 6.86. The average molecular weight is 270 g/mol. The Hall–Kier alpha value is -2.01. The van der Waals surface area contributed by atoms with Crippen LogP contribution in [-0.2, 0) is 0 Å². The van der Waals surface area contributed by atoms with Gasteiger partial charge in [0.05, 0.1) is 11.1 Å². The van der Waals surface area contributed by atoms with Gasteiger partial charge in [0.25, 0.3) is 5.91 Å². The first-order chi connectivity index (χ1) is 9.65. The molecule has 5 nitrogen and oxygen atoms in total. The number of para-hydroxylation sites is 1. The van der Waals surface area contributed by atoms with E-state index >= 15 is 0 Å². The van der Waals surface area contributed by atoms with Crippen LogP contribution in [0.5, 0.6) is 0 Å². The minimum Gasteiger partial charge on any atom is -0.341 e. The van der Waals surface area contributed by atoms with Gasteiger partial charge in [0, 0.05) is 32.0 Å². The summed E-state index contributed by atoms with van der Waals surface area (Å²) in [5.41, 5.74) is 7.81. The largest absolute Gasteiger partial charge is 0.341 e. The number of nitrogens with zero attached hydrogens (tertiary/aromatic N) is 3. The fourth-order valence-electron chi connectivity index (χ4n) is 2.78. The van der Waals surface area contributed by atoms with Gasteiger partial charge in [0.2, 0.25) is 0 Å². The SMILES string of the molecule is CN(CC1CC(N)C1)C(=O)c1cccc2nccnc12. The predicted molar refractivity (Wildman–Crippen MR) is 77.2 cm³/mol. The van der Waals surface area contributed by atoms with Crippen molar-refractivity contribution in [3.63, 3.8) is 0 Å². The van der Waals surface area contributed by atoms with E-state index in [1.54, 1.807) is 17.3 Å². The summed E-state index contributed by atoms with van der Waals surface area (Å²) in [7, 11) is 1.83. The number of hydrogen-bond acceptors (Lipinski definition) is 4. The zero-order valence-electron chi connectivity index (χ0n) is 11.5. The molecule has 1 aromatic carbocycles. The smallest absolute Gasteiger partial charge is 0.255 e. The predicted octanol–water partition coefficient (Wildman–Crippen LogP) is 1.44. The molecule has 1 fully saturated rings. The van der Waals surface area contributed by atoms with Gasteiger partial charge in [-0.2, -0.15) is 0 Å². The Kier molecular flexibility index (Phi) is 3.36. The Morgan fingerprint density at radius 3 is 2.85 bits per heavy atom. The van der Waals surface area contributed by atoms with Crippen LogP contribution in [0, 0.1) is 5.92 Å². The van der Waals surface area contributed by atoms with Gasteiger partial charge in [-0.3, -0.25) is 14.8 Å². The maximum absolute atomic E-state index is 12.5. The minimum atomic E-state index is -0.00317. The van der Waals surface area contributed by atoms with Crippen molar-refractivity contribution in [2.75, 3.05) is 13.6 Å². The summed E-state index contributed by atoms with van der Waals surface area (Å²) in [6.45, 7) is 0.753. The van der Waals surface area contributed by atoms with Crippen molar-refractivity contribution in [3.05, 3.63) is 36.2 Å². The Balaban J connectivity index is 1.81. The van der Waals surface area contributed by atoms with Gasteiger partial charge in [-0.25, -0.2) is 0 Å². The molecule has 2 N–H and O–H groups in total. The van der Waals surface area contributed by atoms with Crippen molar-refractivity contribution >= 4 is 16.9 Å². The molecule has 0 bridgehead atoms. The van der Waals surface area contributed by atoms with Crippen molar-refractivity contribution in [2.45, 2.75) is 18.9 Å². The minimum absolute atomic E-state index is 0.00317. The molecule has 2 aromatic rings. The van der Waals surface area contributed by atoms with E-state index in [0.29, 0.717) is 23.0 Å². The molecular weight excluding hydrogens is 252 g/mol. The van der Waals surface area contributed by atoms with Crippen molar-refractivity contribution in [2.24, 2.45) is 11.7 Å². The highest BCUT2D eigenvalue weighted by Crippen LogP contribution is 2.26. The Morgan fingerprint density at radius 1 is 1.35 bits per heavy atom. The highest BCUT2D eigenvalue weighted by Gasteiger charge is 2.28.